The number of hydrogen-bond acceptors (Lipinski definition) is 5. The number of methoxy groups -OCH3 is 1. The molecule has 0 spiro atoms. The van der Waals surface area contributed by atoms with Crippen molar-refractivity contribution in [1.29, 1.82) is 0 Å². The number of ether oxygens (including phenoxy) is 1. The quantitative estimate of drug-likeness (QED) is 0.818. The average molecular weight is 357 g/mol. The van der Waals surface area contributed by atoms with Crippen molar-refractivity contribution < 1.29 is 22.3 Å². The number of rotatable bonds is 5. The second-order valence-corrected chi connectivity index (χ2v) is 9.18. The zero-order chi connectivity index (χ0) is 18.1. The van der Waals surface area contributed by atoms with Crippen molar-refractivity contribution in [3.8, 4) is 0 Å². The molecule has 5 nitrogen and oxygen atoms in total. The van der Waals surface area contributed by atoms with Gasteiger partial charge in [0.1, 0.15) is 11.4 Å². The second-order valence-electron chi connectivity index (χ2n) is 6.92. The van der Waals surface area contributed by atoms with Crippen molar-refractivity contribution in [1.82, 2.24) is 5.32 Å². The van der Waals surface area contributed by atoms with Gasteiger partial charge in [-0.15, -0.1) is 0 Å². The highest BCUT2D eigenvalue weighted by Crippen LogP contribution is 2.41. The van der Waals surface area contributed by atoms with E-state index in [1.807, 2.05) is 13.8 Å². The van der Waals surface area contributed by atoms with Crippen LogP contribution in [0.4, 0.5) is 4.39 Å². The molecule has 0 radical (unpaired) electrons. The molecule has 1 aliphatic rings. The first kappa shape index (κ1) is 18.9. The molecule has 1 N–H and O–H groups in total. The molecule has 3 unspecified atom stereocenters. The van der Waals surface area contributed by atoms with Gasteiger partial charge in [0, 0.05) is 12.3 Å². The first-order chi connectivity index (χ1) is 11.1. The average Bonchev–Trinajstić information content (AvgIpc) is 2.87. The van der Waals surface area contributed by atoms with Crippen LogP contribution in [-0.2, 0) is 19.4 Å². The number of halogens is 1. The topological polar surface area (TPSA) is 72.5 Å². The van der Waals surface area contributed by atoms with Crippen molar-refractivity contribution in [3.05, 3.63) is 35.6 Å². The Hall–Kier alpha value is -1.47. The summed E-state index contributed by atoms with van der Waals surface area (Å²) in [5, 5.41) is 2.43. The lowest BCUT2D eigenvalue weighted by Gasteiger charge is -2.29. The summed E-state index contributed by atoms with van der Waals surface area (Å²) in [5.41, 5.74) is -0.420. The second kappa shape index (κ2) is 6.80. The van der Waals surface area contributed by atoms with Gasteiger partial charge in [-0.25, -0.2) is 12.8 Å². The zero-order valence-corrected chi connectivity index (χ0v) is 15.2. The molecule has 1 aromatic carbocycles. The van der Waals surface area contributed by atoms with Gasteiger partial charge in [0.2, 0.25) is 0 Å². The van der Waals surface area contributed by atoms with Crippen molar-refractivity contribution in [2.24, 2.45) is 5.92 Å². The number of benzene rings is 1. The van der Waals surface area contributed by atoms with Crippen molar-refractivity contribution >= 4 is 15.8 Å². The van der Waals surface area contributed by atoms with Crippen molar-refractivity contribution in [2.75, 3.05) is 13.4 Å². The molecule has 1 aromatic rings. The summed E-state index contributed by atoms with van der Waals surface area (Å²) in [6.45, 7) is 3.93. The molecule has 1 heterocycles. The van der Waals surface area contributed by atoms with Crippen LogP contribution in [0.5, 0.6) is 0 Å². The Kier molecular flexibility index (Phi) is 5.34. The monoisotopic (exact) mass is 357 g/mol. The van der Waals surface area contributed by atoms with Gasteiger partial charge in [-0.1, -0.05) is 26.0 Å². The number of hydrogen-bond donors (Lipinski definition) is 1. The van der Waals surface area contributed by atoms with Crippen LogP contribution in [0.2, 0.25) is 0 Å². The van der Waals surface area contributed by atoms with E-state index < -0.39 is 38.5 Å². The number of nitrogens with one attached hydrogen (secondary N) is 1. The van der Waals surface area contributed by atoms with Crippen molar-refractivity contribution in [2.45, 2.75) is 43.5 Å². The Morgan fingerprint density at radius 1 is 1.38 bits per heavy atom. The number of carbonyl (C=O) groups excluding carboxylic acids is 1. The maximum atomic E-state index is 13.2. The first-order valence-electron chi connectivity index (χ1n) is 7.89. The molecular formula is C17H24FNO4S. The molecule has 0 aromatic heterocycles. The van der Waals surface area contributed by atoms with Crippen LogP contribution in [0.3, 0.4) is 0 Å². The molecule has 1 fully saturated rings. The summed E-state index contributed by atoms with van der Waals surface area (Å²) in [7, 11) is -2.12. The molecule has 0 saturated carbocycles. The summed E-state index contributed by atoms with van der Waals surface area (Å²) in [5.74, 6) is -0.688. The van der Waals surface area contributed by atoms with E-state index in [0.29, 0.717) is 12.0 Å². The first-order valence-corrected chi connectivity index (χ1v) is 9.85. The number of esters is 1. The van der Waals surface area contributed by atoms with E-state index in [2.05, 4.69) is 5.32 Å². The summed E-state index contributed by atoms with van der Waals surface area (Å²) >= 11 is 0. The highest BCUT2D eigenvalue weighted by Gasteiger charge is 2.54. The molecule has 0 aliphatic carbocycles. The molecule has 0 amide bonds. The Morgan fingerprint density at radius 3 is 2.42 bits per heavy atom. The lowest BCUT2D eigenvalue weighted by atomic mass is 9.87. The maximum Gasteiger partial charge on any atom is 0.326 e. The van der Waals surface area contributed by atoms with Gasteiger partial charge < -0.3 is 4.74 Å². The van der Waals surface area contributed by atoms with E-state index >= 15 is 0 Å². The summed E-state index contributed by atoms with van der Waals surface area (Å²) in [6.07, 6.45) is 1.76. The largest absolute Gasteiger partial charge is 0.468 e. The normalized spacial score (nSPS) is 27.4. The van der Waals surface area contributed by atoms with E-state index in [0.717, 1.165) is 0 Å². The van der Waals surface area contributed by atoms with E-state index in [9.17, 15) is 17.6 Å². The van der Waals surface area contributed by atoms with Gasteiger partial charge in [-0.05, 0) is 36.5 Å². The predicted octanol–water partition coefficient (Wildman–Crippen LogP) is 2.23. The van der Waals surface area contributed by atoms with Crippen LogP contribution < -0.4 is 5.32 Å². The fraction of sp³-hybridized carbons (Fsp3) is 0.588. The van der Waals surface area contributed by atoms with Gasteiger partial charge in [-0.3, -0.25) is 10.1 Å². The zero-order valence-electron chi connectivity index (χ0n) is 14.4. The summed E-state index contributed by atoms with van der Waals surface area (Å²) in [6, 6.07) is 5.09. The van der Waals surface area contributed by atoms with E-state index in [4.69, 9.17) is 4.74 Å². The number of sulfone groups is 1. The minimum absolute atomic E-state index is 0.138. The van der Waals surface area contributed by atoms with Crippen molar-refractivity contribution in [3.63, 3.8) is 0 Å². The van der Waals surface area contributed by atoms with Gasteiger partial charge in [0.15, 0.2) is 9.84 Å². The molecule has 7 heteroatoms. The van der Waals surface area contributed by atoms with Crippen LogP contribution in [0.1, 0.15) is 38.3 Å². The molecule has 24 heavy (non-hydrogen) atoms. The predicted molar refractivity (Wildman–Crippen MR) is 89.7 cm³/mol. The third kappa shape index (κ3) is 3.78. The molecule has 134 valence electrons. The molecule has 2 rings (SSSR count). The van der Waals surface area contributed by atoms with Crippen LogP contribution in [0, 0.1) is 11.7 Å². The molecular weight excluding hydrogens is 333 g/mol. The SMILES string of the molecule is COC(=O)C1(CC(C)C)CC(S(C)(=O)=O)C(c2ccc(F)cc2)N1. The fourth-order valence-electron chi connectivity index (χ4n) is 3.54. The molecule has 0 bridgehead atoms. The minimum atomic E-state index is -3.42. The lowest BCUT2D eigenvalue weighted by molar-refractivity contribution is -0.148. The van der Waals surface area contributed by atoms with E-state index in [-0.39, 0.29) is 12.3 Å². The van der Waals surface area contributed by atoms with Gasteiger partial charge in [0.25, 0.3) is 0 Å². The maximum absolute atomic E-state index is 13.2. The Balaban J connectivity index is 2.48. The van der Waals surface area contributed by atoms with E-state index in [1.54, 1.807) is 12.1 Å². The van der Waals surface area contributed by atoms with Gasteiger partial charge in [-0.2, -0.15) is 0 Å². The molecule has 3 atom stereocenters. The summed E-state index contributed by atoms with van der Waals surface area (Å²) < 4.78 is 42.8. The van der Waals surface area contributed by atoms with Gasteiger partial charge >= 0.3 is 5.97 Å². The third-order valence-corrected chi connectivity index (χ3v) is 6.00. The van der Waals surface area contributed by atoms with Crippen LogP contribution in [-0.4, -0.2) is 38.5 Å². The lowest BCUT2D eigenvalue weighted by Crippen LogP contribution is -2.49. The highest BCUT2D eigenvalue weighted by atomic mass is 32.2. The number of carbonyl (C=O) groups is 1. The standard InChI is InChI=1S/C17H24FNO4S/c1-11(2)9-17(16(20)23-3)10-14(24(4,21)22)15(19-17)12-5-7-13(18)8-6-12/h5-8,11,14-15,19H,9-10H2,1-4H3. The Bertz CT molecular complexity index is 702. The highest BCUT2D eigenvalue weighted by molar-refractivity contribution is 7.91. The van der Waals surface area contributed by atoms with Gasteiger partial charge in [0.05, 0.1) is 12.4 Å². The molecule has 1 saturated heterocycles. The van der Waals surface area contributed by atoms with Crippen LogP contribution in [0.25, 0.3) is 0 Å². The summed E-state index contributed by atoms with van der Waals surface area (Å²) in [4.78, 5) is 12.4. The third-order valence-electron chi connectivity index (χ3n) is 4.47. The smallest absolute Gasteiger partial charge is 0.326 e. The van der Waals surface area contributed by atoms with E-state index in [1.165, 1.54) is 25.5 Å². The Labute approximate surface area is 142 Å². The molecule has 1 aliphatic heterocycles. The minimum Gasteiger partial charge on any atom is -0.468 e. The van der Waals surface area contributed by atoms with Crippen LogP contribution in [0.15, 0.2) is 24.3 Å². The fourth-order valence-corrected chi connectivity index (χ4v) is 4.84. The van der Waals surface area contributed by atoms with Crippen LogP contribution >= 0.6 is 0 Å². The Morgan fingerprint density at radius 2 is 1.96 bits per heavy atom.